The van der Waals surface area contributed by atoms with E-state index in [-0.39, 0.29) is 11.8 Å². The summed E-state index contributed by atoms with van der Waals surface area (Å²) in [5.74, 6) is -0.355. The molecule has 3 atom stereocenters. The van der Waals surface area contributed by atoms with Crippen molar-refractivity contribution >= 4 is 11.9 Å². The number of fused-ring (bicyclic) bond motifs is 1. The minimum Gasteiger partial charge on any atom is -0.480 e. The van der Waals surface area contributed by atoms with Gasteiger partial charge in [-0.15, -0.1) is 0 Å². The van der Waals surface area contributed by atoms with Gasteiger partial charge in [0.15, 0.2) is 0 Å². The summed E-state index contributed by atoms with van der Waals surface area (Å²) in [6.07, 6.45) is 3.11. The van der Waals surface area contributed by atoms with E-state index in [1.54, 1.807) is 4.90 Å². The van der Waals surface area contributed by atoms with E-state index in [1.807, 2.05) is 6.92 Å². The van der Waals surface area contributed by atoms with Crippen LogP contribution in [0.1, 0.15) is 26.2 Å². The normalized spacial score (nSPS) is 33.0. The van der Waals surface area contributed by atoms with E-state index in [4.69, 9.17) is 0 Å². The minimum absolute atomic E-state index is 0.0710. The largest absolute Gasteiger partial charge is 0.480 e. The lowest BCUT2D eigenvalue weighted by Gasteiger charge is -2.28. The molecule has 3 aliphatic rings. The van der Waals surface area contributed by atoms with Crippen molar-refractivity contribution in [1.82, 2.24) is 10.2 Å². The summed E-state index contributed by atoms with van der Waals surface area (Å²) >= 11 is 0. The fraction of sp³-hybridized carbons (Fsp3) is 0.714. The van der Waals surface area contributed by atoms with Gasteiger partial charge in [0.05, 0.1) is 0 Å². The molecule has 1 saturated carbocycles. The summed E-state index contributed by atoms with van der Waals surface area (Å²) in [7, 11) is 0. The van der Waals surface area contributed by atoms with Crippen LogP contribution in [0.25, 0.3) is 0 Å². The Morgan fingerprint density at radius 1 is 1.32 bits per heavy atom. The van der Waals surface area contributed by atoms with E-state index in [1.165, 1.54) is 0 Å². The maximum absolute atomic E-state index is 12.5. The van der Waals surface area contributed by atoms with Gasteiger partial charge >= 0.3 is 5.97 Å². The second kappa shape index (κ2) is 4.63. The second-order valence-corrected chi connectivity index (χ2v) is 5.93. The summed E-state index contributed by atoms with van der Waals surface area (Å²) < 4.78 is 0. The third-order valence-corrected chi connectivity index (χ3v) is 4.93. The summed E-state index contributed by atoms with van der Waals surface area (Å²) in [6.45, 7) is 3.97. The number of carboxylic acid groups (broad SMARTS) is 1. The van der Waals surface area contributed by atoms with Gasteiger partial charge in [0.25, 0.3) is 0 Å². The fourth-order valence-corrected chi connectivity index (χ4v) is 3.71. The quantitative estimate of drug-likeness (QED) is 0.717. The Morgan fingerprint density at radius 3 is 2.63 bits per heavy atom. The van der Waals surface area contributed by atoms with Crippen LogP contribution < -0.4 is 5.32 Å². The Bertz CT molecular complexity index is 452. The van der Waals surface area contributed by atoms with Gasteiger partial charge in [0, 0.05) is 25.2 Å². The van der Waals surface area contributed by atoms with Crippen molar-refractivity contribution in [3.8, 4) is 0 Å². The smallest absolute Gasteiger partial charge is 0.326 e. The molecule has 2 aliphatic heterocycles. The number of likely N-dealkylation sites (tertiary alicyclic amines) is 1. The average molecular weight is 264 g/mol. The molecule has 2 saturated heterocycles. The molecule has 3 fully saturated rings. The van der Waals surface area contributed by atoms with Gasteiger partial charge in [-0.05, 0) is 37.2 Å². The number of carbonyl (C=O) groups excluding carboxylic acids is 1. The first kappa shape index (κ1) is 12.7. The van der Waals surface area contributed by atoms with Crippen molar-refractivity contribution in [3.63, 3.8) is 0 Å². The first-order chi connectivity index (χ1) is 9.09. The molecule has 0 aromatic heterocycles. The molecule has 19 heavy (non-hydrogen) atoms. The van der Waals surface area contributed by atoms with Gasteiger partial charge in [0.2, 0.25) is 5.91 Å². The molecule has 0 bridgehead atoms. The molecule has 5 heteroatoms. The zero-order valence-electron chi connectivity index (χ0n) is 11.2. The van der Waals surface area contributed by atoms with E-state index in [2.05, 4.69) is 5.32 Å². The van der Waals surface area contributed by atoms with Crippen molar-refractivity contribution in [3.05, 3.63) is 11.1 Å². The van der Waals surface area contributed by atoms with Gasteiger partial charge in [-0.1, -0.05) is 6.42 Å². The Kier molecular flexibility index (Phi) is 3.09. The molecule has 3 rings (SSSR count). The van der Waals surface area contributed by atoms with Crippen LogP contribution in [0.4, 0.5) is 0 Å². The van der Waals surface area contributed by atoms with Crippen LogP contribution in [0.5, 0.6) is 0 Å². The number of nitrogens with zero attached hydrogens (tertiary/aromatic N) is 1. The van der Waals surface area contributed by atoms with Crippen LogP contribution in [0, 0.1) is 11.8 Å². The molecule has 104 valence electrons. The number of carbonyl (C=O) groups is 2. The van der Waals surface area contributed by atoms with Crippen molar-refractivity contribution in [2.75, 3.05) is 19.6 Å². The molecule has 5 nitrogen and oxygen atoms in total. The Balaban J connectivity index is 1.83. The molecular weight excluding hydrogens is 244 g/mol. The van der Waals surface area contributed by atoms with Crippen LogP contribution in [0.15, 0.2) is 11.1 Å². The standard InChI is InChI=1S/C14H20N2O3/c1-8(10-5-15-6-10)13(17)16-7-9-3-2-4-11(9)12(16)14(18)19/h9,11-12,15H,2-7H2,1H3,(H,18,19). The van der Waals surface area contributed by atoms with Crippen molar-refractivity contribution in [2.24, 2.45) is 11.8 Å². The molecule has 0 aromatic rings. The maximum Gasteiger partial charge on any atom is 0.326 e. The lowest BCUT2D eigenvalue weighted by Crippen LogP contribution is -2.45. The highest BCUT2D eigenvalue weighted by molar-refractivity contribution is 5.97. The van der Waals surface area contributed by atoms with Crippen molar-refractivity contribution in [2.45, 2.75) is 32.2 Å². The van der Waals surface area contributed by atoms with E-state index >= 15 is 0 Å². The minimum atomic E-state index is -0.840. The topological polar surface area (TPSA) is 69.6 Å². The van der Waals surface area contributed by atoms with Gasteiger partial charge in [-0.2, -0.15) is 0 Å². The van der Waals surface area contributed by atoms with Crippen molar-refractivity contribution < 1.29 is 14.7 Å². The number of nitrogens with one attached hydrogen (secondary N) is 1. The zero-order valence-corrected chi connectivity index (χ0v) is 11.2. The van der Waals surface area contributed by atoms with E-state index in [0.717, 1.165) is 43.5 Å². The van der Waals surface area contributed by atoms with Crippen LogP contribution in [-0.2, 0) is 9.59 Å². The summed E-state index contributed by atoms with van der Waals surface area (Å²) in [6, 6.07) is -0.608. The molecule has 2 heterocycles. The Hall–Kier alpha value is -1.36. The predicted molar refractivity (Wildman–Crippen MR) is 69.5 cm³/mol. The molecule has 0 aromatic carbocycles. The lowest BCUT2D eigenvalue weighted by atomic mass is 9.94. The van der Waals surface area contributed by atoms with Gasteiger partial charge < -0.3 is 15.3 Å². The lowest BCUT2D eigenvalue weighted by molar-refractivity contribution is -0.148. The van der Waals surface area contributed by atoms with Gasteiger partial charge in [0.1, 0.15) is 6.04 Å². The summed E-state index contributed by atoms with van der Waals surface area (Å²) in [5, 5.41) is 12.6. The third-order valence-electron chi connectivity index (χ3n) is 4.93. The highest BCUT2D eigenvalue weighted by Crippen LogP contribution is 2.42. The molecule has 3 unspecified atom stereocenters. The molecule has 1 aliphatic carbocycles. The number of hydrogen-bond acceptors (Lipinski definition) is 3. The zero-order chi connectivity index (χ0) is 13.6. The first-order valence-corrected chi connectivity index (χ1v) is 7.02. The van der Waals surface area contributed by atoms with Gasteiger partial charge in [-0.3, -0.25) is 4.79 Å². The molecule has 0 spiro atoms. The number of hydrogen-bond donors (Lipinski definition) is 2. The number of carboxylic acids is 1. The highest BCUT2D eigenvalue weighted by Gasteiger charge is 2.49. The first-order valence-electron chi connectivity index (χ1n) is 7.02. The van der Waals surface area contributed by atoms with E-state index in [0.29, 0.717) is 12.5 Å². The van der Waals surface area contributed by atoms with E-state index in [9.17, 15) is 14.7 Å². The number of amides is 1. The predicted octanol–water partition coefficient (Wildman–Crippen LogP) is 0.618. The molecule has 1 amide bonds. The number of rotatable bonds is 2. The average Bonchev–Trinajstić information content (AvgIpc) is 2.83. The highest BCUT2D eigenvalue weighted by atomic mass is 16.4. The van der Waals surface area contributed by atoms with Crippen LogP contribution >= 0.6 is 0 Å². The van der Waals surface area contributed by atoms with E-state index < -0.39 is 12.0 Å². The van der Waals surface area contributed by atoms with Crippen molar-refractivity contribution in [1.29, 1.82) is 0 Å². The third kappa shape index (κ3) is 1.96. The molecular formula is C14H20N2O3. The summed E-state index contributed by atoms with van der Waals surface area (Å²) in [5.41, 5.74) is 1.86. The maximum atomic E-state index is 12.5. The fourth-order valence-electron chi connectivity index (χ4n) is 3.71. The van der Waals surface area contributed by atoms with Crippen LogP contribution in [0.2, 0.25) is 0 Å². The van der Waals surface area contributed by atoms with Crippen LogP contribution in [-0.4, -0.2) is 47.6 Å². The SMILES string of the molecule is CC(C(=O)N1CC2CCCC2C1C(=O)O)=C1CNC1. The number of aliphatic carboxylic acids is 1. The molecule has 0 radical (unpaired) electrons. The molecule has 2 N–H and O–H groups in total. The Labute approximate surface area is 112 Å². The summed E-state index contributed by atoms with van der Waals surface area (Å²) in [4.78, 5) is 25.6. The van der Waals surface area contributed by atoms with Gasteiger partial charge in [-0.25, -0.2) is 4.79 Å². The Morgan fingerprint density at radius 2 is 2.05 bits per heavy atom. The second-order valence-electron chi connectivity index (χ2n) is 5.93. The monoisotopic (exact) mass is 264 g/mol. The van der Waals surface area contributed by atoms with Crippen LogP contribution in [0.3, 0.4) is 0 Å².